The number of hydrogen-bond donors (Lipinski definition) is 12. The topological polar surface area (TPSA) is 448 Å². The second-order valence-corrected chi connectivity index (χ2v) is 30.8. The predicted molar refractivity (Wildman–Crippen MR) is 553 cm³/mol. The van der Waals surface area contributed by atoms with Crippen LogP contribution in [-0.2, 0) is 19.3 Å². The highest BCUT2D eigenvalue weighted by molar-refractivity contribution is 5.77. The summed E-state index contributed by atoms with van der Waals surface area (Å²) in [6.45, 7) is 24.6. The Balaban J connectivity index is 0.000000317. The number of aryl methyl sites for hydroxylation is 3. The van der Waals surface area contributed by atoms with Gasteiger partial charge in [-0.2, -0.15) is 0 Å². The van der Waals surface area contributed by atoms with Crippen molar-refractivity contribution in [3.8, 4) is 81.3 Å². The highest BCUT2D eigenvalue weighted by atomic mass is 16.3. The minimum absolute atomic E-state index is 0.165. The minimum atomic E-state index is -0.425. The second-order valence-electron chi connectivity index (χ2n) is 30.8. The van der Waals surface area contributed by atoms with Gasteiger partial charge in [-0.25, -0.2) is 0 Å². The zero-order valence-electron chi connectivity index (χ0n) is 77.9. The summed E-state index contributed by atoms with van der Waals surface area (Å²) in [5.74, 6) is 1.21. The van der Waals surface area contributed by atoms with Gasteiger partial charge in [-0.1, -0.05) is 240 Å². The largest absolute Gasteiger partial charge is 0.504 e. The zero-order valence-corrected chi connectivity index (χ0v) is 77.9. The molecule has 0 amide bonds. The van der Waals surface area contributed by atoms with Gasteiger partial charge in [-0.15, -0.1) is 13.0 Å². The smallest absolute Gasteiger partial charge is 0.220 e. The van der Waals surface area contributed by atoms with Crippen LogP contribution in [-0.4, -0.2) is 61.3 Å². The van der Waals surface area contributed by atoms with Crippen LogP contribution in [0.2, 0.25) is 0 Å². The molecule has 0 unspecified atom stereocenters. The van der Waals surface area contributed by atoms with E-state index in [1.54, 1.807) is 140 Å². The second kappa shape index (κ2) is 60.4. The molecule has 0 aromatic heterocycles. The summed E-state index contributed by atoms with van der Waals surface area (Å²) < 4.78 is 0. The number of hydrogen-bond acceptors (Lipinski definition) is 24. The van der Waals surface area contributed by atoms with Crippen LogP contribution < -0.4 is 65.1 Å². The summed E-state index contributed by atoms with van der Waals surface area (Å²) in [4.78, 5) is 131. The van der Waals surface area contributed by atoms with Gasteiger partial charge in [0.2, 0.25) is 65.1 Å². The van der Waals surface area contributed by atoms with Gasteiger partial charge in [-0.3, -0.25) is 57.5 Å². The van der Waals surface area contributed by atoms with Crippen molar-refractivity contribution >= 4 is 23.3 Å². The molecule has 12 aromatic carbocycles. The molecule has 12 aromatic rings. The molecule has 3 aliphatic carbocycles. The molecule has 0 saturated heterocycles. The van der Waals surface area contributed by atoms with Crippen molar-refractivity contribution in [1.29, 1.82) is 0 Å². The van der Waals surface area contributed by atoms with Gasteiger partial charge in [-0.05, 0) is 290 Å². The van der Waals surface area contributed by atoms with Crippen molar-refractivity contribution < 1.29 is 61.3 Å². The van der Waals surface area contributed by atoms with Crippen LogP contribution in [0.15, 0.2) is 399 Å². The Bertz CT molecular complexity index is 7000. The van der Waals surface area contributed by atoms with E-state index in [1.807, 2.05) is 71.9 Å². The lowest BCUT2D eigenvalue weighted by molar-refractivity contribution is 0.470. The molecule has 139 heavy (non-hydrogen) atoms. The van der Waals surface area contributed by atoms with Gasteiger partial charge in [0, 0.05) is 11.5 Å². The maximum atomic E-state index is 11.0. The third-order valence-corrected chi connectivity index (χ3v) is 19.4. The molecule has 24 nitrogen and oxygen atoms in total. The van der Waals surface area contributed by atoms with Crippen LogP contribution in [0.1, 0.15) is 152 Å². The lowest BCUT2D eigenvalue weighted by atomic mass is 10.1. The van der Waals surface area contributed by atoms with E-state index in [1.165, 1.54) is 176 Å². The third-order valence-electron chi connectivity index (χ3n) is 19.4. The van der Waals surface area contributed by atoms with Gasteiger partial charge >= 0.3 is 0 Å². The summed E-state index contributed by atoms with van der Waals surface area (Å²) in [5, 5.41) is 108. The zero-order chi connectivity index (χ0) is 103. The molecule has 1 fully saturated rings. The van der Waals surface area contributed by atoms with E-state index in [-0.39, 0.29) is 129 Å². The Kier molecular flexibility index (Phi) is 49.4. The molecule has 24 heteroatoms. The summed E-state index contributed by atoms with van der Waals surface area (Å²) in [7, 11) is 0. The average molecular weight is 1880 g/mol. The van der Waals surface area contributed by atoms with Crippen LogP contribution in [0.3, 0.4) is 0 Å². The molecular weight excluding hydrogens is 1770 g/mol. The lowest BCUT2D eigenvalue weighted by Crippen LogP contribution is -1.91. The van der Waals surface area contributed by atoms with E-state index >= 15 is 0 Å². The molecule has 716 valence electrons. The number of aromatic hydroxyl groups is 12. The van der Waals surface area contributed by atoms with E-state index in [4.69, 9.17) is 67.7 Å². The Morgan fingerprint density at radius 3 is 1.11 bits per heavy atom. The molecule has 1 saturated carbocycles. The fourth-order valence-electron chi connectivity index (χ4n) is 10.8. The molecule has 3 aliphatic rings. The average Bonchev–Trinajstić information content (AvgIpc) is 1.72. The summed E-state index contributed by atoms with van der Waals surface area (Å²) in [6.07, 6.45) is 25.3. The molecular formula is C115H112O24. The van der Waals surface area contributed by atoms with Crippen molar-refractivity contribution in [3.05, 3.63) is 531 Å². The van der Waals surface area contributed by atoms with E-state index in [9.17, 15) is 57.5 Å². The van der Waals surface area contributed by atoms with E-state index in [0.29, 0.717) is 29.7 Å². The Labute approximate surface area is 803 Å². The molecule has 0 aliphatic heterocycles. The summed E-state index contributed by atoms with van der Waals surface area (Å²) >= 11 is 0. The van der Waals surface area contributed by atoms with Crippen LogP contribution in [0.4, 0.5) is 0 Å². The number of allylic oxidation sites excluding steroid dienone is 7. The van der Waals surface area contributed by atoms with Gasteiger partial charge < -0.3 is 61.3 Å². The van der Waals surface area contributed by atoms with Crippen LogP contribution in [0.25, 0.3) is 23.3 Å². The normalized spacial score (nSPS) is 10.9. The standard InChI is InChI=1S/C10H10O2.2C10H8O2.C10H12O2.C10H10O2.C10H12O2.2C10H10O2.C9H10O2.C9H8O2.C9H6O2.C8H8O2/c3*11-9-5-3-8(7-1-2-7)4-6-10(9)12;2*1-7(2)8-3-5-9(11)10(12)6-4-8;3*1-2-3-8-4-6-9(11)10(12)7-5-8;3*1-2-7-3-5-8(10)9(11)6-4-7;1-6-2-4-7(9)8(10)5-3-6/h3-7H,1-2H2,(H,11,12);1,3-6H,2H2,(H,11,12);1-7H,(H,11,12);3-7H,1-2H3,(H,11,12);3-6H,1H2,2H3,(H,11,12);4-7H,2-3H2,1H3,(H,11,12);2-7H,1H3,(H,11,12);2,4-7H,1,3H2,(H,11,12);3-6H,2H2,1H3,(H,10,11);2-6H,1H2,(H,10,11);1,3-6H,(H,10,11);2-5H,1H3,(H,9,10)/b;;;;;;3-2+;;;;;. The van der Waals surface area contributed by atoms with Crippen molar-refractivity contribution in [2.24, 2.45) is 0 Å². The van der Waals surface area contributed by atoms with Crippen molar-refractivity contribution in [2.45, 2.75) is 111 Å². The van der Waals surface area contributed by atoms with Gasteiger partial charge in [0.15, 0.2) is 69.0 Å². The Morgan fingerprint density at radius 2 is 0.676 bits per heavy atom. The fraction of sp³-hybridized carbons (Fsp3) is 0.148. The van der Waals surface area contributed by atoms with E-state index in [2.05, 4.69) is 38.7 Å². The first kappa shape index (κ1) is 114. The molecule has 15 rings (SSSR count). The van der Waals surface area contributed by atoms with E-state index in [0.717, 1.165) is 92.5 Å². The molecule has 0 spiro atoms. The summed E-state index contributed by atoms with van der Waals surface area (Å²) in [6, 6.07) is 74.1. The molecule has 12 N–H and O–H groups in total. The first-order chi connectivity index (χ1) is 66.1. The van der Waals surface area contributed by atoms with Crippen molar-refractivity contribution in [1.82, 2.24) is 0 Å². The van der Waals surface area contributed by atoms with Crippen molar-refractivity contribution in [3.63, 3.8) is 0 Å². The van der Waals surface area contributed by atoms with Crippen molar-refractivity contribution in [2.75, 3.05) is 0 Å². The highest BCUT2D eigenvalue weighted by Crippen LogP contribution is 2.39. The van der Waals surface area contributed by atoms with Crippen LogP contribution in [0.5, 0.6) is 69.0 Å². The maximum absolute atomic E-state index is 11.0. The summed E-state index contributed by atoms with van der Waals surface area (Å²) in [5.41, 5.74) is 9.38. The number of rotatable bonds is 12. The Hall–Kier alpha value is -17.7. The quantitative estimate of drug-likeness (QED) is 0.0399. The van der Waals surface area contributed by atoms with Gasteiger partial charge in [0.25, 0.3) is 0 Å². The Morgan fingerprint density at radius 1 is 0.381 bits per heavy atom. The lowest BCUT2D eigenvalue weighted by Gasteiger charge is -1.99. The van der Waals surface area contributed by atoms with Crippen LogP contribution >= 0.6 is 0 Å². The molecule has 0 heterocycles. The van der Waals surface area contributed by atoms with Gasteiger partial charge in [0.1, 0.15) is 0 Å². The molecule has 0 radical (unpaired) electrons. The molecule has 0 bridgehead atoms. The first-order valence-electron chi connectivity index (χ1n) is 43.5. The molecule has 0 atom stereocenters. The minimum Gasteiger partial charge on any atom is -0.504 e. The SMILES string of the molecule is C#Cc1ccc(O)c(=O)cc1.C/C=C/c1ccc(O)c(=O)cc1.C=C(C)c1ccc(O)c(=O)cc1.C=CCc1ccc(O)c(=O)cc1.C=Cc1ccc(O)c(=O)cc1.CC(C)c1ccc(O)c(=O)cc1.CCCc1ccc(O)c(=O)cc1.CCc1ccc(O)c(=O)cc1.Cc1ccc(O)c(=O)cc1.O=c1ccc(C2=CC2)ccc1O.O=c1ccc(C2C=C2)ccc1O.O=c1ccc(C2CC2)ccc1O. The van der Waals surface area contributed by atoms with Crippen LogP contribution in [0, 0.1) is 19.3 Å². The fourth-order valence-corrected chi connectivity index (χ4v) is 10.8. The number of terminal acetylenes is 1. The predicted octanol–water partition coefficient (Wildman–Crippen LogP) is 17.7. The third kappa shape index (κ3) is 44.6. The monoisotopic (exact) mass is 1880 g/mol. The first-order valence-corrected chi connectivity index (χ1v) is 43.5. The van der Waals surface area contributed by atoms with E-state index < -0.39 is 5.43 Å². The van der Waals surface area contributed by atoms with Gasteiger partial charge in [0.05, 0.1) is 0 Å². The highest BCUT2D eigenvalue weighted by Gasteiger charge is 2.23. The maximum Gasteiger partial charge on any atom is 0.220 e.